The molecule has 2 N–H and O–H groups in total. The van der Waals surface area contributed by atoms with Crippen LogP contribution in [0.4, 0.5) is 14.9 Å². The number of pyridine rings is 1. The topological polar surface area (TPSA) is 54.0 Å². The normalized spacial score (nSPS) is 22.2. The number of hydrogen-bond acceptors (Lipinski definition) is 3. The quantitative estimate of drug-likeness (QED) is 0.893. The molecule has 0 bridgehead atoms. The van der Waals surface area contributed by atoms with Gasteiger partial charge in [0, 0.05) is 17.5 Å². The van der Waals surface area contributed by atoms with Crippen LogP contribution in [0, 0.1) is 5.82 Å². The molecule has 4 nitrogen and oxygen atoms in total. The van der Waals surface area contributed by atoms with Crippen LogP contribution in [0.25, 0.3) is 0 Å². The molecule has 2 amide bonds. The highest BCUT2D eigenvalue weighted by molar-refractivity contribution is 7.99. The highest BCUT2D eigenvalue weighted by Crippen LogP contribution is 2.29. The van der Waals surface area contributed by atoms with Crippen LogP contribution in [0.2, 0.25) is 0 Å². The predicted molar refractivity (Wildman–Crippen MR) is 75.9 cm³/mol. The lowest BCUT2D eigenvalue weighted by Crippen LogP contribution is -2.41. The third-order valence-corrected chi connectivity index (χ3v) is 4.50. The van der Waals surface area contributed by atoms with Crippen molar-refractivity contribution in [1.82, 2.24) is 10.3 Å². The fourth-order valence-electron chi connectivity index (χ4n) is 2.31. The Bertz CT molecular complexity index is 444. The van der Waals surface area contributed by atoms with Crippen molar-refractivity contribution in [2.24, 2.45) is 0 Å². The van der Waals surface area contributed by atoms with Crippen LogP contribution < -0.4 is 10.6 Å². The van der Waals surface area contributed by atoms with Gasteiger partial charge >= 0.3 is 6.03 Å². The first kappa shape index (κ1) is 14.1. The van der Waals surface area contributed by atoms with Gasteiger partial charge < -0.3 is 10.6 Å². The molecular formula is C13H18FN3OS. The second kappa shape index (κ2) is 6.75. The van der Waals surface area contributed by atoms with Crippen molar-refractivity contribution in [1.29, 1.82) is 0 Å². The zero-order valence-electron chi connectivity index (χ0n) is 10.9. The van der Waals surface area contributed by atoms with Crippen LogP contribution >= 0.6 is 11.8 Å². The molecular weight excluding hydrogens is 265 g/mol. The van der Waals surface area contributed by atoms with Gasteiger partial charge in [-0.15, -0.1) is 0 Å². The molecule has 0 aliphatic heterocycles. The Kier molecular flexibility index (Phi) is 5.01. The number of carbonyl (C=O) groups excluding carboxylic acids is 1. The van der Waals surface area contributed by atoms with Gasteiger partial charge in [0.05, 0.1) is 11.9 Å². The minimum Gasteiger partial charge on any atom is -0.334 e. The lowest BCUT2D eigenvalue weighted by molar-refractivity contribution is 0.248. The molecule has 0 aromatic carbocycles. The summed E-state index contributed by atoms with van der Waals surface area (Å²) in [5.74, 6) is 0.521. The molecule has 2 atom stereocenters. The number of thioether (sulfide) groups is 1. The van der Waals surface area contributed by atoms with E-state index in [4.69, 9.17) is 0 Å². The van der Waals surface area contributed by atoms with E-state index in [9.17, 15) is 9.18 Å². The number of carbonyl (C=O) groups is 1. The second-order valence-electron chi connectivity index (χ2n) is 4.49. The summed E-state index contributed by atoms with van der Waals surface area (Å²) >= 11 is 1.87. The predicted octanol–water partition coefficient (Wildman–Crippen LogP) is 3.02. The summed E-state index contributed by atoms with van der Waals surface area (Å²) in [5.41, 5.74) is 0.158. The molecule has 0 unspecified atom stereocenters. The van der Waals surface area contributed by atoms with E-state index in [1.54, 1.807) is 0 Å². The minimum absolute atomic E-state index is 0.158. The van der Waals surface area contributed by atoms with Crippen molar-refractivity contribution in [2.45, 2.75) is 37.5 Å². The first-order chi connectivity index (χ1) is 9.20. The van der Waals surface area contributed by atoms with E-state index in [1.807, 2.05) is 11.8 Å². The largest absolute Gasteiger partial charge is 0.334 e. The van der Waals surface area contributed by atoms with Gasteiger partial charge in [0.2, 0.25) is 0 Å². The van der Waals surface area contributed by atoms with Crippen molar-refractivity contribution >= 4 is 23.5 Å². The van der Waals surface area contributed by atoms with Gasteiger partial charge in [0.25, 0.3) is 0 Å². The molecule has 19 heavy (non-hydrogen) atoms. The molecule has 2 rings (SSSR count). The molecule has 6 heteroatoms. The van der Waals surface area contributed by atoms with Gasteiger partial charge in [-0.2, -0.15) is 11.8 Å². The lowest BCUT2D eigenvalue weighted by Gasteiger charge is -2.20. The number of nitrogens with zero attached hydrogens (tertiary/aromatic N) is 1. The SMILES string of the molecule is CCS[C@@H]1CCC[C@H]1NC(=O)Nc1ccncc1F. The molecule has 1 aliphatic rings. The number of rotatable bonds is 4. The summed E-state index contributed by atoms with van der Waals surface area (Å²) in [6, 6.07) is 1.27. The van der Waals surface area contributed by atoms with Crippen LogP contribution in [0.5, 0.6) is 0 Å². The monoisotopic (exact) mass is 283 g/mol. The van der Waals surface area contributed by atoms with E-state index in [1.165, 1.54) is 12.3 Å². The molecule has 1 aromatic rings. The number of urea groups is 1. The molecule has 1 aromatic heterocycles. The van der Waals surface area contributed by atoms with Crippen LogP contribution in [0.3, 0.4) is 0 Å². The van der Waals surface area contributed by atoms with E-state index in [0.717, 1.165) is 31.2 Å². The Labute approximate surface area is 116 Å². The van der Waals surface area contributed by atoms with E-state index >= 15 is 0 Å². The van der Waals surface area contributed by atoms with Crippen molar-refractivity contribution < 1.29 is 9.18 Å². The molecule has 1 fully saturated rings. The molecule has 1 aliphatic carbocycles. The van der Waals surface area contributed by atoms with E-state index in [2.05, 4.69) is 22.5 Å². The van der Waals surface area contributed by atoms with E-state index in [-0.39, 0.29) is 17.8 Å². The summed E-state index contributed by atoms with van der Waals surface area (Å²) in [6.45, 7) is 2.12. The third-order valence-electron chi connectivity index (χ3n) is 3.17. The van der Waals surface area contributed by atoms with E-state index < -0.39 is 5.82 Å². The summed E-state index contributed by atoms with van der Waals surface area (Å²) in [7, 11) is 0. The molecule has 0 saturated heterocycles. The third kappa shape index (κ3) is 3.83. The zero-order valence-corrected chi connectivity index (χ0v) is 11.7. The Morgan fingerprint density at radius 3 is 3.16 bits per heavy atom. The standard InChI is InChI=1S/C13H18FN3OS/c1-2-19-12-5-3-4-11(12)17-13(18)16-10-6-7-15-8-9(10)14/h6-8,11-12H,2-5H2,1H3,(H2,15,16,17,18)/t11-,12-/m1/s1. The fourth-order valence-corrected chi connectivity index (χ4v) is 3.51. The smallest absolute Gasteiger partial charge is 0.319 e. The van der Waals surface area contributed by atoms with Crippen molar-refractivity contribution in [3.63, 3.8) is 0 Å². The maximum absolute atomic E-state index is 13.4. The van der Waals surface area contributed by atoms with Gasteiger partial charge in [-0.3, -0.25) is 4.98 Å². The average Bonchev–Trinajstić information content (AvgIpc) is 2.80. The Balaban J connectivity index is 1.89. The van der Waals surface area contributed by atoms with Crippen molar-refractivity contribution in [3.8, 4) is 0 Å². The van der Waals surface area contributed by atoms with Crippen LogP contribution in [0.15, 0.2) is 18.5 Å². The molecule has 1 saturated carbocycles. The first-order valence-electron chi connectivity index (χ1n) is 6.49. The number of halogens is 1. The summed E-state index contributed by atoms with van der Waals surface area (Å²) in [4.78, 5) is 15.5. The number of hydrogen-bond donors (Lipinski definition) is 2. The highest BCUT2D eigenvalue weighted by atomic mass is 32.2. The molecule has 0 spiro atoms. The van der Waals surface area contributed by atoms with Gasteiger partial charge in [-0.05, 0) is 24.7 Å². The number of aromatic nitrogens is 1. The number of anilines is 1. The highest BCUT2D eigenvalue weighted by Gasteiger charge is 2.28. The summed E-state index contributed by atoms with van der Waals surface area (Å²) in [5, 5.41) is 5.93. The fraction of sp³-hybridized carbons (Fsp3) is 0.538. The first-order valence-corrected chi connectivity index (χ1v) is 7.54. The Morgan fingerprint density at radius 1 is 1.58 bits per heavy atom. The van der Waals surface area contributed by atoms with Crippen molar-refractivity contribution in [2.75, 3.05) is 11.1 Å². The lowest BCUT2D eigenvalue weighted by atomic mass is 10.2. The van der Waals surface area contributed by atoms with Gasteiger partial charge in [0.15, 0.2) is 5.82 Å². The van der Waals surface area contributed by atoms with Gasteiger partial charge in [-0.1, -0.05) is 13.3 Å². The summed E-state index contributed by atoms with van der Waals surface area (Å²) < 4.78 is 13.4. The maximum Gasteiger partial charge on any atom is 0.319 e. The zero-order chi connectivity index (χ0) is 13.7. The van der Waals surface area contributed by atoms with Crippen LogP contribution in [-0.2, 0) is 0 Å². The summed E-state index contributed by atoms with van der Waals surface area (Å²) in [6.07, 6.45) is 5.79. The Morgan fingerprint density at radius 2 is 2.42 bits per heavy atom. The van der Waals surface area contributed by atoms with E-state index in [0.29, 0.717) is 5.25 Å². The average molecular weight is 283 g/mol. The second-order valence-corrected chi connectivity index (χ2v) is 6.00. The van der Waals surface area contributed by atoms with Crippen molar-refractivity contribution in [3.05, 3.63) is 24.3 Å². The molecule has 104 valence electrons. The van der Waals surface area contributed by atoms with Gasteiger partial charge in [-0.25, -0.2) is 9.18 Å². The number of nitrogens with one attached hydrogen (secondary N) is 2. The molecule has 1 heterocycles. The minimum atomic E-state index is -0.524. The Hall–Kier alpha value is -1.30. The maximum atomic E-state index is 13.4. The van der Waals surface area contributed by atoms with Crippen LogP contribution in [-0.4, -0.2) is 28.1 Å². The number of amides is 2. The van der Waals surface area contributed by atoms with Crippen LogP contribution in [0.1, 0.15) is 26.2 Å². The van der Waals surface area contributed by atoms with Gasteiger partial charge in [0.1, 0.15) is 0 Å². The molecule has 0 radical (unpaired) electrons.